The van der Waals surface area contributed by atoms with Gasteiger partial charge in [0.1, 0.15) is 6.10 Å². The van der Waals surface area contributed by atoms with Crippen molar-refractivity contribution < 1.29 is 14.3 Å². The first-order valence-electron chi connectivity index (χ1n) is 8.40. The SMILES string of the molecule is CN1CCO[C@@H](C(=O)N2CCC(C3CCOCC3)CC2)C1. The van der Waals surface area contributed by atoms with Gasteiger partial charge in [-0.15, -0.1) is 0 Å². The molecular formula is C16H28N2O3. The number of likely N-dealkylation sites (tertiary alicyclic amines) is 1. The number of hydrogen-bond acceptors (Lipinski definition) is 4. The third-order valence-electron chi connectivity index (χ3n) is 5.33. The fraction of sp³-hybridized carbons (Fsp3) is 0.938. The van der Waals surface area contributed by atoms with Gasteiger partial charge in [-0.2, -0.15) is 0 Å². The molecule has 5 heteroatoms. The fourth-order valence-corrected chi connectivity index (χ4v) is 3.91. The van der Waals surface area contributed by atoms with Gasteiger partial charge < -0.3 is 19.3 Å². The van der Waals surface area contributed by atoms with E-state index in [0.717, 1.165) is 64.1 Å². The zero-order valence-corrected chi connectivity index (χ0v) is 13.1. The van der Waals surface area contributed by atoms with Crippen LogP contribution in [0.5, 0.6) is 0 Å². The normalized spacial score (nSPS) is 30.5. The highest BCUT2D eigenvalue weighted by Gasteiger charge is 2.33. The van der Waals surface area contributed by atoms with Crippen molar-refractivity contribution >= 4 is 5.91 Å². The Hall–Kier alpha value is -0.650. The Kier molecular flexibility index (Phi) is 5.14. The van der Waals surface area contributed by atoms with Gasteiger partial charge in [-0.3, -0.25) is 4.79 Å². The standard InChI is InChI=1S/C16H28N2O3/c1-17-8-11-21-15(12-17)16(19)18-6-2-13(3-7-18)14-4-9-20-10-5-14/h13-15H,2-12H2,1H3/t15-/m1/s1. The highest BCUT2D eigenvalue weighted by molar-refractivity contribution is 5.81. The molecule has 3 heterocycles. The van der Waals surface area contributed by atoms with Crippen LogP contribution in [0.25, 0.3) is 0 Å². The number of piperidine rings is 1. The first kappa shape index (κ1) is 15.3. The van der Waals surface area contributed by atoms with Crippen LogP contribution in [0.2, 0.25) is 0 Å². The number of carbonyl (C=O) groups excluding carboxylic acids is 1. The van der Waals surface area contributed by atoms with Crippen molar-refractivity contribution in [1.29, 1.82) is 0 Å². The van der Waals surface area contributed by atoms with Crippen LogP contribution >= 0.6 is 0 Å². The molecule has 1 amide bonds. The maximum absolute atomic E-state index is 12.5. The summed E-state index contributed by atoms with van der Waals surface area (Å²) < 4.78 is 11.1. The van der Waals surface area contributed by atoms with Crippen molar-refractivity contribution in [3.63, 3.8) is 0 Å². The summed E-state index contributed by atoms with van der Waals surface area (Å²) in [6, 6.07) is 0. The van der Waals surface area contributed by atoms with E-state index in [2.05, 4.69) is 11.9 Å². The van der Waals surface area contributed by atoms with Gasteiger partial charge in [0.2, 0.25) is 0 Å². The molecule has 3 saturated heterocycles. The number of ether oxygens (including phenoxy) is 2. The maximum Gasteiger partial charge on any atom is 0.253 e. The second-order valence-corrected chi connectivity index (χ2v) is 6.73. The summed E-state index contributed by atoms with van der Waals surface area (Å²) in [6.45, 7) is 5.99. The fourth-order valence-electron chi connectivity index (χ4n) is 3.91. The van der Waals surface area contributed by atoms with Gasteiger partial charge in [-0.05, 0) is 44.6 Å². The molecule has 3 aliphatic rings. The zero-order chi connectivity index (χ0) is 14.7. The first-order chi connectivity index (χ1) is 10.2. The Morgan fingerprint density at radius 1 is 0.952 bits per heavy atom. The molecule has 0 aromatic rings. The van der Waals surface area contributed by atoms with Crippen molar-refractivity contribution in [2.75, 3.05) is 53.0 Å². The average molecular weight is 296 g/mol. The van der Waals surface area contributed by atoms with Gasteiger partial charge in [0.25, 0.3) is 5.91 Å². The molecule has 3 fully saturated rings. The minimum atomic E-state index is -0.247. The lowest BCUT2D eigenvalue weighted by molar-refractivity contribution is -0.150. The average Bonchev–Trinajstić information content (AvgIpc) is 2.55. The lowest BCUT2D eigenvalue weighted by Crippen LogP contribution is -2.52. The minimum absolute atomic E-state index is 0.201. The third kappa shape index (κ3) is 3.76. The molecular weight excluding hydrogens is 268 g/mol. The second-order valence-electron chi connectivity index (χ2n) is 6.73. The van der Waals surface area contributed by atoms with Crippen LogP contribution in [0.4, 0.5) is 0 Å². The molecule has 0 aromatic carbocycles. The molecule has 0 aromatic heterocycles. The summed E-state index contributed by atoms with van der Waals surface area (Å²) in [5.41, 5.74) is 0. The van der Waals surface area contributed by atoms with E-state index in [1.807, 2.05) is 4.90 Å². The van der Waals surface area contributed by atoms with E-state index in [4.69, 9.17) is 9.47 Å². The molecule has 1 atom stereocenters. The van der Waals surface area contributed by atoms with Crippen molar-refractivity contribution in [3.05, 3.63) is 0 Å². The monoisotopic (exact) mass is 296 g/mol. The quantitative estimate of drug-likeness (QED) is 0.762. The van der Waals surface area contributed by atoms with E-state index in [9.17, 15) is 4.79 Å². The Balaban J connectivity index is 1.47. The van der Waals surface area contributed by atoms with Crippen LogP contribution in [-0.2, 0) is 14.3 Å². The Labute approximate surface area is 127 Å². The lowest BCUT2D eigenvalue weighted by Gasteiger charge is -2.39. The molecule has 120 valence electrons. The number of morpholine rings is 1. The maximum atomic E-state index is 12.5. The summed E-state index contributed by atoms with van der Waals surface area (Å²) >= 11 is 0. The summed E-state index contributed by atoms with van der Waals surface area (Å²) in [5, 5.41) is 0. The van der Waals surface area contributed by atoms with Crippen LogP contribution in [0, 0.1) is 11.8 Å². The number of nitrogens with zero attached hydrogens (tertiary/aromatic N) is 2. The molecule has 0 radical (unpaired) electrons. The summed E-state index contributed by atoms with van der Waals surface area (Å²) in [5.74, 6) is 1.80. The van der Waals surface area contributed by atoms with Crippen LogP contribution in [-0.4, -0.2) is 74.9 Å². The van der Waals surface area contributed by atoms with Crippen LogP contribution in [0.1, 0.15) is 25.7 Å². The van der Waals surface area contributed by atoms with E-state index in [0.29, 0.717) is 6.61 Å². The minimum Gasteiger partial charge on any atom is -0.381 e. The molecule has 0 bridgehead atoms. The molecule has 0 aliphatic carbocycles. The molecule has 0 unspecified atom stereocenters. The third-order valence-corrected chi connectivity index (χ3v) is 5.33. The number of amides is 1. The highest BCUT2D eigenvalue weighted by Crippen LogP contribution is 2.32. The molecule has 0 spiro atoms. The number of rotatable bonds is 2. The van der Waals surface area contributed by atoms with E-state index >= 15 is 0 Å². The van der Waals surface area contributed by atoms with Gasteiger partial charge in [0.15, 0.2) is 0 Å². The van der Waals surface area contributed by atoms with Crippen molar-refractivity contribution in [2.45, 2.75) is 31.8 Å². The van der Waals surface area contributed by atoms with Crippen molar-refractivity contribution in [1.82, 2.24) is 9.80 Å². The van der Waals surface area contributed by atoms with E-state index < -0.39 is 0 Å². The number of hydrogen-bond donors (Lipinski definition) is 0. The van der Waals surface area contributed by atoms with Gasteiger partial charge >= 0.3 is 0 Å². The molecule has 0 N–H and O–H groups in total. The lowest BCUT2D eigenvalue weighted by atomic mass is 9.80. The Bertz CT molecular complexity index is 349. The predicted molar refractivity (Wildman–Crippen MR) is 80.1 cm³/mol. The molecule has 21 heavy (non-hydrogen) atoms. The zero-order valence-electron chi connectivity index (χ0n) is 13.1. The number of likely N-dealkylation sites (N-methyl/N-ethyl adjacent to an activating group) is 1. The molecule has 3 rings (SSSR count). The molecule has 3 aliphatic heterocycles. The Morgan fingerprint density at radius 2 is 1.62 bits per heavy atom. The topological polar surface area (TPSA) is 42.0 Å². The van der Waals surface area contributed by atoms with Crippen molar-refractivity contribution in [3.8, 4) is 0 Å². The van der Waals surface area contributed by atoms with E-state index in [1.54, 1.807) is 0 Å². The van der Waals surface area contributed by atoms with Crippen molar-refractivity contribution in [2.24, 2.45) is 11.8 Å². The first-order valence-corrected chi connectivity index (χ1v) is 8.40. The largest absolute Gasteiger partial charge is 0.381 e. The molecule has 0 saturated carbocycles. The Morgan fingerprint density at radius 3 is 2.29 bits per heavy atom. The van der Waals surface area contributed by atoms with Crippen LogP contribution in [0.3, 0.4) is 0 Å². The smallest absolute Gasteiger partial charge is 0.253 e. The second kappa shape index (κ2) is 7.07. The van der Waals surface area contributed by atoms with Crippen LogP contribution < -0.4 is 0 Å². The van der Waals surface area contributed by atoms with E-state index in [1.165, 1.54) is 12.8 Å². The highest BCUT2D eigenvalue weighted by atomic mass is 16.5. The van der Waals surface area contributed by atoms with Gasteiger partial charge in [0.05, 0.1) is 6.61 Å². The summed E-state index contributed by atoms with van der Waals surface area (Å²) in [6.07, 6.45) is 4.46. The summed E-state index contributed by atoms with van der Waals surface area (Å²) in [7, 11) is 2.06. The van der Waals surface area contributed by atoms with Crippen LogP contribution in [0.15, 0.2) is 0 Å². The van der Waals surface area contributed by atoms with Gasteiger partial charge in [-0.25, -0.2) is 0 Å². The predicted octanol–water partition coefficient (Wildman–Crippen LogP) is 0.982. The summed E-state index contributed by atoms with van der Waals surface area (Å²) in [4.78, 5) is 16.7. The van der Waals surface area contributed by atoms with Gasteiger partial charge in [0, 0.05) is 39.4 Å². The van der Waals surface area contributed by atoms with Gasteiger partial charge in [-0.1, -0.05) is 0 Å². The number of carbonyl (C=O) groups is 1. The molecule has 5 nitrogen and oxygen atoms in total. The van der Waals surface area contributed by atoms with E-state index in [-0.39, 0.29) is 12.0 Å².